The van der Waals surface area contributed by atoms with Crippen LogP contribution in [0.25, 0.3) is 0 Å². The summed E-state index contributed by atoms with van der Waals surface area (Å²) in [4.78, 5) is 11.0. The largest absolute Gasteiger partial charge is 0.478 e. The van der Waals surface area contributed by atoms with Gasteiger partial charge in [-0.1, -0.05) is 36.4 Å². The summed E-state index contributed by atoms with van der Waals surface area (Å²) in [5, 5.41) is 12.3. The zero-order chi connectivity index (χ0) is 13.0. The maximum atomic E-state index is 11.0. The molecule has 0 aliphatic heterocycles. The number of nitrogens with one attached hydrogen (secondary N) is 1. The molecule has 0 fully saturated rings. The van der Waals surface area contributed by atoms with E-state index in [4.69, 9.17) is 5.11 Å². The molecule has 0 heterocycles. The van der Waals surface area contributed by atoms with E-state index in [1.807, 2.05) is 43.3 Å². The van der Waals surface area contributed by atoms with E-state index in [0.717, 1.165) is 16.8 Å². The highest BCUT2D eigenvalue weighted by atomic mass is 16.4. The molecule has 0 saturated carbocycles. The van der Waals surface area contributed by atoms with Gasteiger partial charge in [0, 0.05) is 12.2 Å². The molecule has 0 aliphatic rings. The lowest BCUT2D eigenvalue weighted by Gasteiger charge is -2.11. The molecule has 2 rings (SSSR count). The van der Waals surface area contributed by atoms with Crippen LogP contribution in [0.5, 0.6) is 0 Å². The summed E-state index contributed by atoms with van der Waals surface area (Å²) in [5.74, 6) is -0.893. The molecule has 0 unspecified atom stereocenters. The number of rotatable bonds is 4. The van der Waals surface area contributed by atoms with Crippen molar-refractivity contribution < 1.29 is 9.90 Å². The van der Waals surface area contributed by atoms with Crippen molar-refractivity contribution in [2.75, 3.05) is 5.32 Å². The first-order valence-corrected chi connectivity index (χ1v) is 5.79. The van der Waals surface area contributed by atoms with Crippen LogP contribution in [0.1, 0.15) is 21.5 Å². The third-order valence-electron chi connectivity index (χ3n) is 2.89. The number of benzene rings is 2. The van der Waals surface area contributed by atoms with Gasteiger partial charge in [-0.25, -0.2) is 4.79 Å². The monoisotopic (exact) mass is 241 g/mol. The first-order valence-electron chi connectivity index (χ1n) is 5.79. The Balaban J connectivity index is 2.15. The van der Waals surface area contributed by atoms with Crippen LogP contribution in [0.2, 0.25) is 0 Å². The molecule has 0 saturated heterocycles. The third-order valence-corrected chi connectivity index (χ3v) is 2.89. The van der Waals surface area contributed by atoms with Crippen molar-refractivity contribution in [2.45, 2.75) is 13.5 Å². The van der Waals surface area contributed by atoms with Crippen molar-refractivity contribution in [1.29, 1.82) is 0 Å². The van der Waals surface area contributed by atoms with E-state index >= 15 is 0 Å². The highest BCUT2D eigenvalue weighted by Gasteiger charge is 2.09. The molecule has 0 radical (unpaired) electrons. The second kappa shape index (κ2) is 5.36. The lowest BCUT2D eigenvalue weighted by atomic mass is 10.1. The molecule has 3 heteroatoms. The van der Waals surface area contributed by atoms with Crippen LogP contribution < -0.4 is 5.32 Å². The molecule has 0 spiro atoms. The van der Waals surface area contributed by atoms with Gasteiger partial charge in [-0.05, 0) is 30.2 Å². The van der Waals surface area contributed by atoms with E-state index in [1.165, 1.54) is 0 Å². The van der Waals surface area contributed by atoms with E-state index in [9.17, 15) is 4.79 Å². The van der Waals surface area contributed by atoms with Crippen molar-refractivity contribution in [2.24, 2.45) is 0 Å². The zero-order valence-electron chi connectivity index (χ0n) is 10.2. The van der Waals surface area contributed by atoms with Gasteiger partial charge in [0.2, 0.25) is 0 Å². The zero-order valence-corrected chi connectivity index (χ0v) is 10.2. The van der Waals surface area contributed by atoms with Gasteiger partial charge in [0.1, 0.15) is 0 Å². The van der Waals surface area contributed by atoms with E-state index in [0.29, 0.717) is 12.1 Å². The fourth-order valence-electron chi connectivity index (χ4n) is 1.85. The van der Waals surface area contributed by atoms with E-state index < -0.39 is 5.97 Å². The van der Waals surface area contributed by atoms with Crippen molar-refractivity contribution in [3.05, 3.63) is 65.2 Å². The normalized spacial score (nSPS) is 10.1. The number of aromatic carboxylic acids is 1. The SMILES string of the molecule is Cc1c(NCc2ccccc2)cccc1C(=O)O. The Labute approximate surface area is 106 Å². The quantitative estimate of drug-likeness (QED) is 0.863. The lowest BCUT2D eigenvalue weighted by Crippen LogP contribution is -2.05. The van der Waals surface area contributed by atoms with Gasteiger partial charge in [-0.3, -0.25) is 0 Å². The molecular formula is C15H15NO2. The predicted octanol–water partition coefficient (Wildman–Crippen LogP) is 3.31. The smallest absolute Gasteiger partial charge is 0.336 e. The first kappa shape index (κ1) is 12.2. The third kappa shape index (κ3) is 2.69. The molecule has 0 bridgehead atoms. The van der Waals surface area contributed by atoms with E-state index in [-0.39, 0.29) is 0 Å². The number of carboxylic acids is 1. The van der Waals surface area contributed by atoms with Crippen molar-refractivity contribution in [3.63, 3.8) is 0 Å². The Morgan fingerprint density at radius 2 is 1.83 bits per heavy atom. The number of carboxylic acid groups (broad SMARTS) is 1. The minimum absolute atomic E-state index is 0.341. The van der Waals surface area contributed by atoms with Crippen LogP contribution >= 0.6 is 0 Å². The maximum Gasteiger partial charge on any atom is 0.336 e. The highest BCUT2D eigenvalue weighted by molar-refractivity contribution is 5.91. The summed E-state index contributed by atoms with van der Waals surface area (Å²) in [6.07, 6.45) is 0. The average molecular weight is 241 g/mol. The van der Waals surface area contributed by atoms with Gasteiger partial charge in [0.25, 0.3) is 0 Å². The van der Waals surface area contributed by atoms with Gasteiger partial charge in [0.15, 0.2) is 0 Å². The molecule has 3 nitrogen and oxygen atoms in total. The topological polar surface area (TPSA) is 49.3 Å². The van der Waals surface area contributed by atoms with E-state index in [2.05, 4.69) is 5.32 Å². The molecule has 0 aromatic heterocycles. The van der Waals surface area contributed by atoms with Gasteiger partial charge in [-0.2, -0.15) is 0 Å². The molecule has 2 aromatic carbocycles. The minimum atomic E-state index is -0.893. The van der Waals surface area contributed by atoms with Crippen LogP contribution in [-0.2, 0) is 6.54 Å². The molecule has 0 aliphatic carbocycles. The average Bonchev–Trinajstić information content (AvgIpc) is 2.38. The second-order valence-corrected chi connectivity index (χ2v) is 4.12. The summed E-state index contributed by atoms with van der Waals surface area (Å²) in [6, 6.07) is 15.3. The van der Waals surface area contributed by atoms with Crippen LogP contribution in [0, 0.1) is 6.92 Å². The van der Waals surface area contributed by atoms with Crippen molar-refractivity contribution >= 4 is 11.7 Å². The van der Waals surface area contributed by atoms with Crippen LogP contribution in [-0.4, -0.2) is 11.1 Å². The van der Waals surface area contributed by atoms with Crippen molar-refractivity contribution in [1.82, 2.24) is 0 Å². The molecule has 18 heavy (non-hydrogen) atoms. The summed E-state index contributed by atoms with van der Waals surface area (Å²) in [5.41, 5.74) is 3.13. The Morgan fingerprint density at radius 3 is 2.50 bits per heavy atom. The minimum Gasteiger partial charge on any atom is -0.478 e. The van der Waals surface area contributed by atoms with Gasteiger partial charge in [-0.15, -0.1) is 0 Å². The number of hydrogen-bond donors (Lipinski definition) is 2. The van der Waals surface area contributed by atoms with Crippen molar-refractivity contribution in [3.8, 4) is 0 Å². The molecule has 0 amide bonds. The Kier molecular flexibility index (Phi) is 3.63. The fourth-order valence-corrected chi connectivity index (χ4v) is 1.85. The van der Waals surface area contributed by atoms with E-state index in [1.54, 1.807) is 12.1 Å². The van der Waals surface area contributed by atoms with Crippen LogP contribution in [0.15, 0.2) is 48.5 Å². The number of carbonyl (C=O) groups is 1. The van der Waals surface area contributed by atoms with Crippen LogP contribution in [0.3, 0.4) is 0 Å². The number of hydrogen-bond acceptors (Lipinski definition) is 2. The van der Waals surface area contributed by atoms with Gasteiger partial charge in [0.05, 0.1) is 5.56 Å². The summed E-state index contributed by atoms with van der Waals surface area (Å²) in [7, 11) is 0. The predicted molar refractivity (Wildman–Crippen MR) is 71.9 cm³/mol. The van der Waals surface area contributed by atoms with Gasteiger partial charge >= 0.3 is 5.97 Å². The summed E-state index contributed by atoms with van der Waals surface area (Å²) in [6.45, 7) is 2.50. The lowest BCUT2D eigenvalue weighted by molar-refractivity contribution is 0.0696. The number of anilines is 1. The fraction of sp³-hybridized carbons (Fsp3) is 0.133. The standard InChI is InChI=1S/C15H15NO2/c1-11-13(15(17)18)8-5-9-14(11)16-10-12-6-3-2-4-7-12/h2-9,16H,10H2,1H3,(H,17,18). The molecule has 2 aromatic rings. The summed E-state index contributed by atoms with van der Waals surface area (Å²) >= 11 is 0. The second-order valence-electron chi connectivity index (χ2n) is 4.12. The Bertz CT molecular complexity index is 550. The summed E-state index contributed by atoms with van der Waals surface area (Å²) < 4.78 is 0. The maximum absolute atomic E-state index is 11.0. The van der Waals surface area contributed by atoms with Gasteiger partial charge < -0.3 is 10.4 Å². The molecule has 2 N–H and O–H groups in total. The van der Waals surface area contributed by atoms with Crippen LogP contribution in [0.4, 0.5) is 5.69 Å². The first-order chi connectivity index (χ1) is 8.68. The Morgan fingerprint density at radius 1 is 1.11 bits per heavy atom. The molecular weight excluding hydrogens is 226 g/mol. The molecule has 0 atom stereocenters. The highest BCUT2D eigenvalue weighted by Crippen LogP contribution is 2.19. The Hall–Kier alpha value is -2.29. The molecule has 92 valence electrons.